The fourth-order valence-corrected chi connectivity index (χ4v) is 1.54. The van der Waals surface area contributed by atoms with Crippen LogP contribution in [0.25, 0.3) is 0 Å². The number of nitrogens with one attached hydrogen (secondary N) is 1. The molecule has 2 amide bonds. The Morgan fingerprint density at radius 1 is 1.38 bits per heavy atom. The molecule has 1 N–H and O–H groups in total. The molecule has 84 valence electrons. The van der Waals surface area contributed by atoms with Gasteiger partial charge in [0.2, 0.25) is 5.91 Å². The Hall–Kier alpha value is -1.98. The Kier molecular flexibility index (Phi) is 3.09. The number of nitrogens with zero attached hydrogens (tertiary/aromatic N) is 3. The molecule has 0 atom stereocenters. The van der Waals surface area contributed by atoms with Gasteiger partial charge in [0, 0.05) is 38.4 Å². The molecule has 2 rings (SSSR count). The van der Waals surface area contributed by atoms with Gasteiger partial charge in [-0.1, -0.05) is 0 Å². The average Bonchev–Trinajstić information content (AvgIpc) is 2.54. The minimum atomic E-state index is -0.176. The summed E-state index contributed by atoms with van der Waals surface area (Å²) >= 11 is 0. The van der Waals surface area contributed by atoms with Crippen LogP contribution < -0.4 is 5.32 Å². The third-order valence-corrected chi connectivity index (χ3v) is 2.38. The lowest BCUT2D eigenvalue weighted by Crippen LogP contribution is -2.34. The summed E-state index contributed by atoms with van der Waals surface area (Å²) in [7, 11) is 0. The van der Waals surface area contributed by atoms with Gasteiger partial charge in [0.25, 0.3) is 5.91 Å². The maximum Gasteiger partial charge on any atom is 0.274 e. The fraction of sp³-hybridized carbons (Fsp3) is 0.400. The van der Waals surface area contributed by atoms with Crippen molar-refractivity contribution in [2.24, 2.45) is 0 Å². The molecule has 6 nitrogen and oxygen atoms in total. The topological polar surface area (TPSA) is 75.2 Å². The van der Waals surface area contributed by atoms with Crippen molar-refractivity contribution in [3.63, 3.8) is 0 Å². The first-order valence-corrected chi connectivity index (χ1v) is 5.09. The van der Waals surface area contributed by atoms with Crippen molar-refractivity contribution in [1.82, 2.24) is 20.2 Å². The van der Waals surface area contributed by atoms with Crippen molar-refractivity contribution in [2.45, 2.75) is 6.42 Å². The first kappa shape index (κ1) is 10.5. The van der Waals surface area contributed by atoms with E-state index in [-0.39, 0.29) is 11.8 Å². The number of aromatic nitrogens is 2. The molecule has 1 fully saturated rings. The van der Waals surface area contributed by atoms with E-state index in [2.05, 4.69) is 15.3 Å². The zero-order valence-electron chi connectivity index (χ0n) is 8.72. The number of rotatable bonds is 1. The van der Waals surface area contributed by atoms with Gasteiger partial charge in [0.1, 0.15) is 5.69 Å². The summed E-state index contributed by atoms with van der Waals surface area (Å²) in [5.74, 6) is -0.195. The molecule has 0 aromatic carbocycles. The predicted octanol–water partition coefficient (Wildman–Crippen LogP) is -0.561. The van der Waals surface area contributed by atoms with E-state index in [0.29, 0.717) is 31.7 Å². The van der Waals surface area contributed by atoms with Crippen molar-refractivity contribution in [3.8, 4) is 0 Å². The maximum atomic E-state index is 11.9. The van der Waals surface area contributed by atoms with Gasteiger partial charge in [-0.3, -0.25) is 14.6 Å². The first-order chi connectivity index (χ1) is 7.77. The Morgan fingerprint density at radius 3 is 3.00 bits per heavy atom. The summed E-state index contributed by atoms with van der Waals surface area (Å²) in [4.78, 5) is 32.5. The summed E-state index contributed by atoms with van der Waals surface area (Å²) < 4.78 is 0. The molecular formula is C10H12N4O2. The normalized spacial score (nSPS) is 16.5. The molecule has 0 spiro atoms. The van der Waals surface area contributed by atoms with E-state index in [1.165, 1.54) is 18.6 Å². The summed E-state index contributed by atoms with van der Waals surface area (Å²) in [6.45, 7) is 1.44. The third kappa shape index (κ3) is 2.33. The van der Waals surface area contributed by atoms with E-state index in [9.17, 15) is 9.59 Å². The molecule has 0 unspecified atom stereocenters. The number of carbonyl (C=O) groups excluding carboxylic acids is 2. The van der Waals surface area contributed by atoms with Crippen molar-refractivity contribution in [1.29, 1.82) is 0 Å². The van der Waals surface area contributed by atoms with Crippen LogP contribution in [0.1, 0.15) is 16.9 Å². The number of amides is 2. The zero-order chi connectivity index (χ0) is 11.4. The lowest BCUT2D eigenvalue weighted by Gasteiger charge is -2.18. The van der Waals surface area contributed by atoms with Crippen LogP contribution in [0.4, 0.5) is 0 Å². The quantitative estimate of drug-likeness (QED) is 0.688. The number of hydrogen-bond donors (Lipinski definition) is 1. The Morgan fingerprint density at radius 2 is 2.25 bits per heavy atom. The van der Waals surface area contributed by atoms with E-state index in [1.54, 1.807) is 4.90 Å². The molecule has 1 aromatic heterocycles. The fourth-order valence-electron chi connectivity index (χ4n) is 1.54. The second-order valence-electron chi connectivity index (χ2n) is 3.48. The molecule has 0 bridgehead atoms. The molecule has 0 saturated carbocycles. The van der Waals surface area contributed by atoms with Crippen molar-refractivity contribution in [2.75, 3.05) is 19.6 Å². The molecule has 1 aromatic rings. The van der Waals surface area contributed by atoms with Crippen molar-refractivity contribution in [3.05, 3.63) is 24.3 Å². The highest BCUT2D eigenvalue weighted by Crippen LogP contribution is 2.03. The lowest BCUT2D eigenvalue weighted by atomic mass is 10.3. The van der Waals surface area contributed by atoms with Crippen LogP contribution in [0.15, 0.2) is 18.6 Å². The molecule has 0 aliphatic carbocycles. The average molecular weight is 220 g/mol. The van der Waals surface area contributed by atoms with Crippen LogP contribution in [0.3, 0.4) is 0 Å². The molecule has 1 aliphatic heterocycles. The largest absolute Gasteiger partial charge is 0.354 e. The van der Waals surface area contributed by atoms with Gasteiger partial charge in [-0.15, -0.1) is 0 Å². The van der Waals surface area contributed by atoms with E-state index >= 15 is 0 Å². The third-order valence-electron chi connectivity index (χ3n) is 2.38. The Bertz CT molecular complexity index is 393. The van der Waals surface area contributed by atoms with Crippen molar-refractivity contribution < 1.29 is 9.59 Å². The van der Waals surface area contributed by atoms with E-state index in [0.717, 1.165) is 0 Å². The highest BCUT2D eigenvalue weighted by atomic mass is 16.2. The van der Waals surface area contributed by atoms with Crippen LogP contribution in [0, 0.1) is 0 Å². The monoisotopic (exact) mass is 220 g/mol. The van der Waals surface area contributed by atoms with Gasteiger partial charge in [0.15, 0.2) is 0 Å². The second-order valence-corrected chi connectivity index (χ2v) is 3.48. The van der Waals surface area contributed by atoms with Gasteiger partial charge >= 0.3 is 0 Å². The standard InChI is InChI=1S/C10H12N4O2/c15-9-1-5-14(6-4-13-9)10(16)8-7-11-2-3-12-8/h2-3,7H,1,4-6H2,(H,13,15). The minimum absolute atomic E-state index is 0.0190. The SMILES string of the molecule is O=C1CCN(C(=O)c2cnccn2)CCN1. The molecular weight excluding hydrogens is 208 g/mol. The summed E-state index contributed by atoms with van der Waals surface area (Å²) in [6, 6.07) is 0. The zero-order valence-corrected chi connectivity index (χ0v) is 8.72. The Labute approximate surface area is 92.7 Å². The molecule has 2 heterocycles. The smallest absolute Gasteiger partial charge is 0.274 e. The first-order valence-electron chi connectivity index (χ1n) is 5.09. The van der Waals surface area contributed by atoms with E-state index in [1.807, 2.05) is 0 Å². The van der Waals surface area contributed by atoms with Gasteiger partial charge in [0.05, 0.1) is 6.20 Å². The molecule has 16 heavy (non-hydrogen) atoms. The van der Waals surface area contributed by atoms with Crippen LogP contribution in [-0.2, 0) is 4.79 Å². The van der Waals surface area contributed by atoms with E-state index in [4.69, 9.17) is 0 Å². The number of hydrogen-bond acceptors (Lipinski definition) is 4. The molecule has 0 radical (unpaired) electrons. The van der Waals surface area contributed by atoms with Crippen LogP contribution in [0.2, 0.25) is 0 Å². The second kappa shape index (κ2) is 4.69. The summed E-state index contributed by atoms with van der Waals surface area (Å²) in [5.41, 5.74) is 0.317. The molecule has 1 saturated heterocycles. The molecule has 1 aliphatic rings. The molecule has 6 heteroatoms. The predicted molar refractivity (Wildman–Crippen MR) is 55.6 cm³/mol. The van der Waals surface area contributed by atoms with Crippen LogP contribution >= 0.6 is 0 Å². The highest BCUT2D eigenvalue weighted by Gasteiger charge is 2.20. The number of carbonyl (C=O) groups is 2. The van der Waals surface area contributed by atoms with Gasteiger partial charge in [-0.05, 0) is 0 Å². The highest BCUT2D eigenvalue weighted by molar-refractivity contribution is 5.92. The van der Waals surface area contributed by atoms with Crippen LogP contribution in [0.5, 0.6) is 0 Å². The maximum absolute atomic E-state index is 11.9. The van der Waals surface area contributed by atoms with Gasteiger partial charge in [-0.25, -0.2) is 4.98 Å². The van der Waals surface area contributed by atoms with Crippen molar-refractivity contribution >= 4 is 11.8 Å². The Balaban J connectivity index is 2.07. The van der Waals surface area contributed by atoms with Crippen LogP contribution in [-0.4, -0.2) is 46.3 Å². The summed E-state index contributed by atoms with van der Waals surface area (Å²) in [6.07, 6.45) is 4.77. The van der Waals surface area contributed by atoms with E-state index < -0.39 is 0 Å². The minimum Gasteiger partial charge on any atom is -0.354 e. The summed E-state index contributed by atoms with van der Waals surface area (Å²) in [5, 5.41) is 2.71. The lowest BCUT2D eigenvalue weighted by molar-refractivity contribution is -0.120. The van der Waals surface area contributed by atoms with Gasteiger partial charge in [-0.2, -0.15) is 0 Å². The van der Waals surface area contributed by atoms with Gasteiger partial charge < -0.3 is 10.2 Å².